The van der Waals surface area contributed by atoms with Crippen molar-refractivity contribution in [2.75, 3.05) is 11.8 Å². The SMILES string of the molecule is COc1cccc(C(N)=S)c1NS(=O)(=O)NC(C)C. The average Bonchev–Trinajstić information content (AvgIpc) is 2.26. The van der Waals surface area contributed by atoms with Gasteiger partial charge in [-0.15, -0.1) is 0 Å². The van der Waals surface area contributed by atoms with Crippen LogP contribution >= 0.6 is 12.2 Å². The van der Waals surface area contributed by atoms with Crippen molar-refractivity contribution in [1.29, 1.82) is 0 Å². The number of methoxy groups -OCH3 is 1. The van der Waals surface area contributed by atoms with Crippen LogP contribution in [0.1, 0.15) is 19.4 Å². The third-order valence-electron chi connectivity index (χ3n) is 2.14. The maximum absolute atomic E-state index is 11.9. The van der Waals surface area contributed by atoms with Crippen LogP contribution in [0.2, 0.25) is 0 Å². The van der Waals surface area contributed by atoms with Crippen LogP contribution in [0.5, 0.6) is 5.75 Å². The van der Waals surface area contributed by atoms with Gasteiger partial charge in [-0.25, -0.2) is 0 Å². The lowest BCUT2D eigenvalue weighted by atomic mass is 10.1. The third-order valence-corrected chi connectivity index (χ3v) is 3.61. The molecule has 0 aliphatic carbocycles. The van der Waals surface area contributed by atoms with Gasteiger partial charge >= 0.3 is 0 Å². The van der Waals surface area contributed by atoms with Gasteiger partial charge in [0, 0.05) is 11.6 Å². The van der Waals surface area contributed by atoms with Crippen LogP contribution in [0.25, 0.3) is 0 Å². The number of anilines is 1. The number of thiocarbonyl (C=S) groups is 1. The van der Waals surface area contributed by atoms with Crippen LogP contribution in [0.4, 0.5) is 5.69 Å². The van der Waals surface area contributed by atoms with Gasteiger partial charge < -0.3 is 10.5 Å². The third kappa shape index (κ3) is 4.34. The Morgan fingerprint density at radius 1 is 1.42 bits per heavy atom. The highest BCUT2D eigenvalue weighted by Crippen LogP contribution is 2.29. The maximum atomic E-state index is 11.9. The molecule has 0 aromatic heterocycles. The van der Waals surface area contributed by atoms with E-state index in [-0.39, 0.29) is 16.7 Å². The number of nitrogens with two attached hydrogens (primary N) is 1. The molecule has 0 heterocycles. The van der Waals surface area contributed by atoms with Crippen LogP contribution < -0.4 is 19.9 Å². The first-order valence-electron chi connectivity index (χ1n) is 5.53. The predicted octanol–water partition coefficient (Wildman–Crippen LogP) is 0.984. The topological polar surface area (TPSA) is 93.4 Å². The minimum absolute atomic E-state index is 0.0844. The molecule has 8 heteroatoms. The molecule has 0 radical (unpaired) electrons. The minimum Gasteiger partial charge on any atom is -0.495 e. The Balaban J connectivity index is 3.22. The monoisotopic (exact) mass is 303 g/mol. The normalized spacial score (nSPS) is 11.4. The Kier molecular flexibility index (Phi) is 5.10. The first kappa shape index (κ1) is 15.7. The summed E-state index contributed by atoms with van der Waals surface area (Å²) in [6.45, 7) is 3.44. The molecule has 6 nitrogen and oxygen atoms in total. The molecule has 0 unspecified atom stereocenters. The fourth-order valence-corrected chi connectivity index (χ4v) is 2.81. The van der Waals surface area contributed by atoms with Gasteiger partial charge in [-0.3, -0.25) is 4.72 Å². The number of hydrogen-bond acceptors (Lipinski definition) is 4. The van der Waals surface area contributed by atoms with Gasteiger partial charge in [-0.1, -0.05) is 18.3 Å². The zero-order valence-electron chi connectivity index (χ0n) is 10.9. The van der Waals surface area contributed by atoms with Gasteiger partial charge in [-0.05, 0) is 26.0 Å². The molecule has 0 fully saturated rings. The van der Waals surface area contributed by atoms with Gasteiger partial charge in [0.05, 0.1) is 7.11 Å². The van der Waals surface area contributed by atoms with E-state index < -0.39 is 10.2 Å². The molecule has 0 saturated carbocycles. The first-order valence-corrected chi connectivity index (χ1v) is 7.43. The molecule has 0 bridgehead atoms. The average molecular weight is 303 g/mol. The van der Waals surface area contributed by atoms with Gasteiger partial charge in [0.25, 0.3) is 10.2 Å². The Morgan fingerprint density at radius 2 is 2.05 bits per heavy atom. The zero-order valence-corrected chi connectivity index (χ0v) is 12.6. The van der Waals surface area contributed by atoms with Crippen molar-refractivity contribution in [3.8, 4) is 5.75 Å². The molecule has 0 amide bonds. The molecular formula is C11H17N3O3S2. The molecule has 1 aromatic carbocycles. The first-order chi connectivity index (χ1) is 8.76. The van der Waals surface area contributed by atoms with E-state index in [2.05, 4.69) is 9.44 Å². The van der Waals surface area contributed by atoms with Crippen LogP contribution in [0.15, 0.2) is 18.2 Å². The highest BCUT2D eigenvalue weighted by Gasteiger charge is 2.18. The zero-order chi connectivity index (χ0) is 14.6. The summed E-state index contributed by atoms with van der Waals surface area (Å²) >= 11 is 4.90. The Morgan fingerprint density at radius 3 is 2.53 bits per heavy atom. The van der Waals surface area contributed by atoms with Crippen molar-refractivity contribution < 1.29 is 13.2 Å². The van der Waals surface area contributed by atoms with Crippen molar-refractivity contribution in [3.63, 3.8) is 0 Å². The molecule has 19 heavy (non-hydrogen) atoms. The molecule has 0 aliphatic heterocycles. The van der Waals surface area contributed by atoms with Gasteiger partial charge in [0.2, 0.25) is 0 Å². The summed E-state index contributed by atoms with van der Waals surface area (Å²) < 4.78 is 33.7. The van der Waals surface area contributed by atoms with Crippen molar-refractivity contribution >= 4 is 33.1 Å². The van der Waals surface area contributed by atoms with Crippen molar-refractivity contribution in [1.82, 2.24) is 4.72 Å². The Labute approximate surface area is 118 Å². The van der Waals surface area contributed by atoms with E-state index >= 15 is 0 Å². The summed E-state index contributed by atoms with van der Waals surface area (Å²) in [6, 6.07) is 4.69. The highest BCUT2D eigenvalue weighted by atomic mass is 32.2. The lowest BCUT2D eigenvalue weighted by Gasteiger charge is -2.16. The van der Waals surface area contributed by atoms with Gasteiger partial charge in [0.1, 0.15) is 16.4 Å². The quantitative estimate of drug-likeness (QED) is 0.681. The summed E-state index contributed by atoms with van der Waals surface area (Å²) in [5, 5.41) is 0. The molecule has 1 rings (SSSR count). The Hall–Kier alpha value is -1.38. The standard InChI is InChI=1S/C11H17N3O3S2/c1-7(2)13-19(15,16)14-10-8(11(12)18)5-4-6-9(10)17-3/h4-7,13-14H,1-3H3,(H2,12,18). The lowest BCUT2D eigenvalue weighted by molar-refractivity contribution is 0.416. The Bertz CT molecular complexity index is 571. The van der Waals surface area contributed by atoms with E-state index in [4.69, 9.17) is 22.7 Å². The number of para-hydroxylation sites is 1. The van der Waals surface area contributed by atoms with E-state index in [0.29, 0.717) is 11.3 Å². The van der Waals surface area contributed by atoms with E-state index in [0.717, 1.165) is 0 Å². The van der Waals surface area contributed by atoms with Crippen LogP contribution in [0.3, 0.4) is 0 Å². The van der Waals surface area contributed by atoms with Gasteiger partial charge in [0.15, 0.2) is 0 Å². The fraction of sp³-hybridized carbons (Fsp3) is 0.364. The second-order valence-electron chi connectivity index (χ2n) is 4.13. The number of benzene rings is 1. The van der Waals surface area contributed by atoms with Crippen LogP contribution in [-0.2, 0) is 10.2 Å². The largest absolute Gasteiger partial charge is 0.495 e. The number of rotatable bonds is 6. The second-order valence-corrected chi connectivity index (χ2v) is 6.01. The summed E-state index contributed by atoms with van der Waals surface area (Å²) in [5.74, 6) is 0.347. The maximum Gasteiger partial charge on any atom is 0.299 e. The molecule has 0 aliphatic rings. The molecule has 0 atom stereocenters. The van der Waals surface area contributed by atoms with E-state index in [1.54, 1.807) is 32.0 Å². The highest BCUT2D eigenvalue weighted by molar-refractivity contribution is 7.90. The van der Waals surface area contributed by atoms with E-state index in [9.17, 15) is 8.42 Å². The number of hydrogen-bond donors (Lipinski definition) is 3. The van der Waals surface area contributed by atoms with Crippen molar-refractivity contribution in [3.05, 3.63) is 23.8 Å². The lowest BCUT2D eigenvalue weighted by Crippen LogP contribution is -2.35. The second kappa shape index (κ2) is 6.18. The van der Waals surface area contributed by atoms with Crippen LogP contribution in [0, 0.1) is 0 Å². The molecule has 106 valence electrons. The van der Waals surface area contributed by atoms with Crippen molar-refractivity contribution in [2.24, 2.45) is 5.73 Å². The van der Waals surface area contributed by atoms with Crippen LogP contribution in [-0.4, -0.2) is 26.6 Å². The summed E-state index contributed by atoms with van der Waals surface area (Å²) in [7, 11) is -2.28. The number of nitrogens with one attached hydrogen (secondary N) is 2. The molecular weight excluding hydrogens is 286 g/mol. The molecule has 1 aromatic rings. The molecule has 0 spiro atoms. The summed E-state index contributed by atoms with van der Waals surface area (Å²) in [6.07, 6.45) is 0. The fourth-order valence-electron chi connectivity index (χ4n) is 1.49. The number of ether oxygens (including phenoxy) is 1. The summed E-state index contributed by atoms with van der Waals surface area (Å²) in [4.78, 5) is 0.0844. The van der Waals surface area contributed by atoms with Gasteiger partial charge in [-0.2, -0.15) is 13.1 Å². The van der Waals surface area contributed by atoms with E-state index in [1.807, 2.05) is 0 Å². The van der Waals surface area contributed by atoms with Crippen molar-refractivity contribution in [2.45, 2.75) is 19.9 Å². The summed E-state index contributed by atoms with van der Waals surface area (Å²) in [5.41, 5.74) is 6.21. The minimum atomic E-state index is -3.72. The van der Waals surface area contributed by atoms with E-state index in [1.165, 1.54) is 7.11 Å². The smallest absolute Gasteiger partial charge is 0.299 e. The molecule has 0 saturated heterocycles. The predicted molar refractivity (Wildman–Crippen MR) is 79.7 cm³/mol. The molecule has 4 N–H and O–H groups in total.